The number of benzene rings is 1. The number of amides is 1. The first kappa shape index (κ1) is 18.5. The Bertz CT molecular complexity index is 1110. The minimum atomic E-state index is -0.289. The topological polar surface area (TPSA) is 72.7 Å². The molecule has 3 aromatic heterocycles. The summed E-state index contributed by atoms with van der Waals surface area (Å²) in [7, 11) is 0. The van der Waals surface area contributed by atoms with Gasteiger partial charge in [-0.25, -0.2) is 4.39 Å². The van der Waals surface area contributed by atoms with E-state index in [1.165, 1.54) is 12.1 Å². The highest BCUT2D eigenvalue weighted by molar-refractivity contribution is 5.76. The maximum absolute atomic E-state index is 13.0. The molecule has 0 saturated carbocycles. The highest BCUT2D eigenvalue weighted by atomic mass is 19.1. The Morgan fingerprint density at radius 3 is 2.66 bits per heavy atom. The van der Waals surface area contributed by atoms with Crippen LogP contribution >= 0.6 is 0 Å². The van der Waals surface area contributed by atoms with Crippen molar-refractivity contribution < 1.29 is 9.18 Å². The third kappa shape index (κ3) is 4.70. The molecule has 0 aliphatic carbocycles. The van der Waals surface area contributed by atoms with E-state index in [0.29, 0.717) is 6.54 Å². The average molecular weight is 387 g/mol. The molecule has 29 heavy (non-hydrogen) atoms. The van der Waals surface area contributed by atoms with Gasteiger partial charge in [0.05, 0.1) is 11.9 Å². The van der Waals surface area contributed by atoms with Gasteiger partial charge >= 0.3 is 0 Å². The Morgan fingerprint density at radius 1 is 1.00 bits per heavy atom. The van der Waals surface area contributed by atoms with Gasteiger partial charge in [-0.05, 0) is 47.5 Å². The molecule has 7 heteroatoms. The van der Waals surface area contributed by atoms with Gasteiger partial charge in [0, 0.05) is 42.5 Å². The first-order valence-corrected chi connectivity index (χ1v) is 9.08. The van der Waals surface area contributed by atoms with Crippen molar-refractivity contribution >= 4 is 5.91 Å². The maximum Gasteiger partial charge on any atom is 0.241 e. The molecule has 0 unspecified atom stereocenters. The van der Waals surface area contributed by atoms with Crippen molar-refractivity contribution in [2.75, 3.05) is 0 Å². The number of hydrogen-bond donors (Lipinski definition) is 1. The van der Waals surface area contributed by atoms with Gasteiger partial charge in [-0.2, -0.15) is 5.10 Å². The fourth-order valence-corrected chi connectivity index (χ4v) is 2.90. The predicted octanol–water partition coefficient (Wildman–Crippen LogP) is 3.46. The van der Waals surface area contributed by atoms with Crippen LogP contribution in [0.1, 0.15) is 5.56 Å². The van der Waals surface area contributed by atoms with Crippen molar-refractivity contribution in [3.05, 3.63) is 90.9 Å². The lowest BCUT2D eigenvalue weighted by Gasteiger charge is -2.07. The summed E-state index contributed by atoms with van der Waals surface area (Å²) in [6, 6.07) is 13.7. The molecule has 1 N–H and O–H groups in total. The minimum absolute atomic E-state index is 0.0989. The molecular weight excluding hydrogens is 369 g/mol. The molecule has 4 aromatic rings. The average Bonchev–Trinajstić information content (AvgIpc) is 3.22. The molecule has 0 radical (unpaired) electrons. The molecule has 4 rings (SSSR count). The third-order valence-electron chi connectivity index (χ3n) is 4.39. The second kappa shape index (κ2) is 8.43. The second-order valence-corrected chi connectivity index (χ2v) is 6.50. The molecule has 0 saturated heterocycles. The summed E-state index contributed by atoms with van der Waals surface area (Å²) < 4.78 is 14.6. The van der Waals surface area contributed by atoms with Gasteiger partial charge in [0.2, 0.25) is 5.91 Å². The summed E-state index contributed by atoms with van der Waals surface area (Å²) in [5.74, 6) is -0.443. The van der Waals surface area contributed by atoms with Crippen LogP contribution in [0, 0.1) is 5.82 Å². The van der Waals surface area contributed by atoms with E-state index < -0.39 is 0 Å². The van der Waals surface area contributed by atoms with Gasteiger partial charge in [-0.1, -0.05) is 12.1 Å². The SMILES string of the molecule is O=C(Cn1cc(-c2ccc(F)cc2)cn1)NCc1ccnc(-c2cccnc2)c1. The van der Waals surface area contributed by atoms with Crippen molar-refractivity contribution in [1.29, 1.82) is 0 Å². The molecule has 0 bridgehead atoms. The van der Waals surface area contributed by atoms with Gasteiger partial charge in [0.1, 0.15) is 12.4 Å². The molecule has 3 heterocycles. The Hall–Kier alpha value is -3.87. The molecule has 144 valence electrons. The van der Waals surface area contributed by atoms with Gasteiger partial charge < -0.3 is 5.32 Å². The van der Waals surface area contributed by atoms with Crippen molar-refractivity contribution in [2.24, 2.45) is 0 Å². The Balaban J connectivity index is 1.36. The van der Waals surface area contributed by atoms with Crippen LogP contribution in [-0.4, -0.2) is 25.7 Å². The zero-order valence-electron chi connectivity index (χ0n) is 15.5. The largest absolute Gasteiger partial charge is 0.350 e. The predicted molar refractivity (Wildman–Crippen MR) is 107 cm³/mol. The number of rotatable bonds is 6. The highest BCUT2D eigenvalue weighted by Gasteiger charge is 2.07. The number of nitrogens with one attached hydrogen (secondary N) is 1. The molecule has 0 aliphatic rings. The molecule has 0 fully saturated rings. The van der Waals surface area contributed by atoms with Gasteiger partial charge in [0.25, 0.3) is 0 Å². The summed E-state index contributed by atoms with van der Waals surface area (Å²) >= 11 is 0. The summed E-state index contributed by atoms with van der Waals surface area (Å²) in [6.45, 7) is 0.489. The lowest BCUT2D eigenvalue weighted by Crippen LogP contribution is -2.27. The van der Waals surface area contributed by atoms with Crippen LogP contribution in [0.5, 0.6) is 0 Å². The van der Waals surface area contributed by atoms with Crippen molar-refractivity contribution in [3.63, 3.8) is 0 Å². The Morgan fingerprint density at radius 2 is 1.86 bits per heavy atom. The van der Waals surface area contributed by atoms with E-state index >= 15 is 0 Å². The number of nitrogens with zero attached hydrogens (tertiary/aromatic N) is 4. The lowest BCUT2D eigenvalue weighted by molar-refractivity contribution is -0.122. The Labute approximate surface area is 167 Å². The summed E-state index contributed by atoms with van der Waals surface area (Å²) in [5.41, 5.74) is 4.34. The van der Waals surface area contributed by atoms with Crippen LogP contribution in [0.3, 0.4) is 0 Å². The first-order valence-electron chi connectivity index (χ1n) is 9.08. The monoisotopic (exact) mass is 387 g/mol. The van der Waals surface area contributed by atoms with Crippen LogP contribution in [0.25, 0.3) is 22.4 Å². The number of carbonyl (C=O) groups excluding carboxylic acids is 1. The van der Waals surface area contributed by atoms with Gasteiger partial charge in [0.15, 0.2) is 0 Å². The van der Waals surface area contributed by atoms with Gasteiger partial charge in [-0.3, -0.25) is 19.4 Å². The van der Waals surface area contributed by atoms with Crippen LogP contribution in [0.15, 0.2) is 79.5 Å². The summed E-state index contributed by atoms with van der Waals surface area (Å²) in [5, 5.41) is 7.10. The van der Waals surface area contributed by atoms with E-state index in [1.54, 1.807) is 47.8 Å². The highest BCUT2D eigenvalue weighted by Crippen LogP contribution is 2.19. The van der Waals surface area contributed by atoms with E-state index in [0.717, 1.165) is 27.9 Å². The summed E-state index contributed by atoms with van der Waals surface area (Å²) in [6.07, 6.45) is 8.60. The van der Waals surface area contributed by atoms with E-state index in [-0.39, 0.29) is 18.3 Å². The van der Waals surface area contributed by atoms with E-state index in [1.807, 2.05) is 24.3 Å². The molecule has 0 atom stereocenters. The molecule has 1 aromatic carbocycles. The smallest absolute Gasteiger partial charge is 0.241 e. The second-order valence-electron chi connectivity index (χ2n) is 6.50. The van der Waals surface area contributed by atoms with E-state index in [4.69, 9.17) is 0 Å². The van der Waals surface area contributed by atoms with Gasteiger partial charge in [-0.15, -0.1) is 0 Å². The lowest BCUT2D eigenvalue weighted by atomic mass is 10.1. The summed E-state index contributed by atoms with van der Waals surface area (Å²) in [4.78, 5) is 20.7. The third-order valence-corrected chi connectivity index (χ3v) is 4.39. The van der Waals surface area contributed by atoms with Crippen molar-refractivity contribution in [2.45, 2.75) is 13.1 Å². The molecule has 6 nitrogen and oxygen atoms in total. The number of halogens is 1. The molecular formula is C22H18FN5O. The zero-order chi connectivity index (χ0) is 20.1. The number of hydrogen-bond acceptors (Lipinski definition) is 4. The standard InChI is InChI=1S/C22H18FN5O/c23-20-5-3-17(4-6-20)19-13-27-28(14-19)15-22(29)26-11-16-7-9-25-21(10-16)18-2-1-8-24-12-18/h1-10,12-14H,11,15H2,(H,26,29). The molecule has 0 aliphatic heterocycles. The zero-order valence-corrected chi connectivity index (χ0v) is 15.5. The van der Waals surface area contributed by atoms with Crippen LogP contribution in [0.4, 0.5) is 4.39 Å². The van der Waals surface area contributed by atoms with E-state index in [9.17, 15) is 9.18 Å². The number of pyridine rings is 2. The maximum atomic E-state index is 13.0. The normalized spacial score (nSPS) is 10.7. The fourth-order valence-electron chi connectivity index (χ4n) is 2.90. The molecule has 1 amide bonds. The van der Waals surface area contributed by atoms with Crippen molar-refractivity contribution in [1.82, 2.24) is 25.1 Å². The minimum Gasteiger partial charge on any atom is -0.350 e. The Kier molecular flexibility index (Phi) is 5.38. The van der Waals surface area contributed by atoms with Crippen LogP contribution in [-0.2, 0) is 17.9 Å². The van der Waals surface area contributed by atoms with Crippen molar-refractivity contribution in [3.8, 4) is 22.4 Å². The molecule has 0 spiro atoms. The fraction of sp³-hybridized carbons (Fsp3) is 0.0909. The quantitative estimate of drug-likeness (QED) is 0.550. The van der Waals surface area contributed by atoms with Crippen LogP contribution in [0.2, 0.25) is 0 Å². The van der Waals surface area contributed by atoms with E-state index in [2.05, 4.69) is 20.4 Å². The number of carbonyl (C=O) groups is 1. The van der Waals surface area contributed by atoms with Crippen LogP contribution < -0.4 is 5.32 Å². The number of aromatic nitrogens is 4. The first-order chi connectivity index (χ1) is 14.2.